The maximum absolute atomic E-state index is 12.6. The Morgan fingerprint density at radius 3 is 2.60 bits per heavy atom. The average Bonchev–Trinajstić information content (AvgIpc) is 3.24. The zero-order valence-electron chi connectivity index (χ0n) is 16.8. The molecule has 0 spiro atoms. The largest absolute Gasteiger partial charge is 0.489 e. The summed E-state index contributed by atoms with van der Waals surface area (Å²) in [7, 11) is 1.80. The number of ether oxygens (including phenoxy) is 1. The number of nitrogens with zero attached hydrogens (tertiary/aromatic N) is 1. The molecule has 6 heteroatoms. The normalized spacial score (nSPS) is 10.9. The van der Waals surface area contributed by atoms with Gasteiger partial charge in [0, 0.05) is 36.7 Å². The van der Waals surface area contributed by atoms with Gasteiger partial charge in [0.2, 0.25) is 0 Å². The maximum Gasteiger partial charge on any atom is 0.336 e. The van der Waals surface area contributed by atoms with Crippen molar-refractivity contribution in [3.05, 3.63) is 98.0 Å². The molecule has 0 saturated carbocycles. The van der Waals surface area contributed by atoms with Crippen molar-refractivity contribution in [2.24, 2.45) is 0 Å². The molecular formula is C24H21NO4S. The monoisotopic (exact) mass is 419 g/mol. The molecule has 0 unspecified atom stereocenters. The number of benzene rings is 2. The molecule has 0 aliphatic heterocycles. The predicted molar refractivity (Wildman–Crippen MR) is 118 cm³/mol. The molecule has 0 fully saturated rings. The molecule has 2 aromatic carbocycles. The first-order chi connectivity index (χ1) is 14.5. The van der Waals surface area contributed by atoms with Gasteiger partial charge in [-0.1, -0.05) is 12.1 Å². The second kappa shape index (κ2) is 8.55. The molecule has 0 bridgehead atoms. The van der Waals surface area contributed by atoms with Crippen LogP contribution in [0.4, 0.5) is 0 Å². The Morgan fingerprint density at radius 2 is 1.87 bits per heavy atom. The first-order valence-electron chi connectivity index (χ1n) is 9.52. The zero-order chi connectivity index (χ0) is 21.1. The molecule has 2 aromatic heterocycles. The van der Waals surface area contributed by atoms with E-state index < -0.39 is 0 Å². The molecule has 1 amide bonds. The maximum atomic E-state index is 12.6. The Kier molecular flexibility index (Phi) is 5.68. The topological polar surface area (TPSA) is 59.8 Å². The van der Waals surface area contributed by atoms with Crippen molar-refractivity contribution in [1.29, 1.82) is 0 Å². The van der Waals surface area contributed by atoms with Crippen molar-refractivity contribution in [3.63, 3.8) is 0 Å². The van der Waals surface area contributed by atoms with Crippen molar-refractivity contribution in [2.75, 3.05) is 7.05 Å². The lowest BCUT2D eigenvalue weighted by atomic mass is 10.1. The van der Waals surface area contributed by atoms with Crippen LogP contribution in [-0.2, 0) is 13.2 Å². The van der Waals surface area contributed by atoms with E-state index in [4.69, 9.17) is 9.15 Å². The van der Waals surface area contributed by atoms with Crippen LogP contribution in [0.2, 0.25) is 0 Å². The van der Waals surface area contributed by atoms with Crippen LogP contribution in [0.15, 0.2) is 74.6 Å². The first kappa shape index (κ1) is 19.9. The summed E-state index contributed by atoms with van der Waals surface area (Å²) in [6.45, 7) is 2.81. The number of carbonyl (C=O) groups excluding carboxylic acids is 1. The summed E-state index contributed by atoms with van der Waals surface area (Å²) in [5.41, 5.74) is 3.71. The molecule has 4 aromatic rings. The van der Waals surface area contributed by atoms with Crippen molar-refractivity contribution in [1.82, 2.24) is 4.90 Å². The first-order valence-corrected chi connectivity index (χ1v) is 10.5. The Bertz CT molecular complexity index is 1230. The van der Waals surface area contributed by atoms with Gasteiger partial charge in [0.05, 0.1) is 0 Å². The fraction of sp³-hybridized carbons (Fsp3) is 0.167. The Balaban J connectivity index is 1.40. The lowest BCUT2D eigenvalue weighted by Crippen LogP contribution is -2.25. The number of amides is 1. The van der Waals surface area contributed by atoms with Crippen LogP contribution >= 0.6 is 11.3 Å². The third-order valence-electron chi connectivity index (χ3n) is 4.88. The van der Waals surface area contributed by atoms with Crippen LogP contribution in [0, 0.1) is 6.92 Å². The lowest BCUT2D eigenvalue weighted by Gasteiger charge is -2.16. The summed E-state index contributed by atoms with van der Waals surface area (Å²) < 4.78 is 11.1. The van der Waals surface area contributed by atoms with E-state index in [1.807, 2.05) is 60.1 Å². The highest BCUT2D eigenvalue weighted by molar-refractivity contribution is 7.07. The quantitative estimate of drug-likeness (QED) is 0.412. The van der Waals surface area contributed by atoms with Crippen LogP contribution in [0.5, 0.6) is 5.75 Å². The van der Waals surface area contributed by atoms with Crippen molar-refractivity contribution >= 4 is 28.2 Å². The molecule has 4 rings (SSSR count). The van der Waals surface area contributed by atoms with Crippen molar-refractivity contribution in [3.8, 4) is 5.75 Å². The van der Waals surface area contributed by atoms with Gasteiger partial charge in [-0.2, -0.15) is 11.3 Å². The Labute approximate surface area is 178 Å². The molecule has 0 atom stereocenters. The molecule has 0 aliphatic rings. The molecule has 0 radical (unpaired) electrons. The molecule has 152 valence electrons. The highest BCUT2D eigenvalue weighted by atomic mass is 32.1. The second-order valence-electron chi connectivity index (χ2n) is 7.18. The van der Waals surface area contributed by atoms with E-state index in [2.05, 4.69) is 0 Å². The van der Waals surface area contributed by atoms with Gasteiger partial charge in [-0.3, -0.25) is 4.79 Å². The number of fused-ring (bicyclic) bond motifs is 1. The van der Waals surface area contributed by atoms with Gasteiger partial charge in [0.1, 0.15) is 17.9 Å². The van der Waals surface area contributed by atoms with Crippen molar-refractivity contribution in [2.45, 2.75) is 20.1 Å². The molecule has 0 saturated heterocycles. The minimum absolute atomic E-state index is 0.0198. The minimum Gasteiger partial charge on any atom is -0.489 e. The third-order valence-corrected chi connectivity index (χ3v) is 5.61. The summed E-state index contributed by atoms with van der Waals surface area (Å²) in [5, 5.41) is 4.94. The van der Waals surface area contributed by atoms with E-state index in [0.29, 0.717) is 30.0 Å². The SMILES string of the molecule is Cc1cc(=O)oc2cc(OCc3ccc(C(=O)N(C)Cc4ccsc4)cc3)ccc12. The highest BCUT2D eigenvalue weighted by Gasteiger charge is 2.12. The number of aryl methyl sites for hydroxylation is 1. The number of thiophene rings is 1. The lowest BCUT2D eigenvalue weighted by molar-refractivity contribution is 0.0785. The van der Waals surface area contributed by atoms with Gasteiger partial charge < -0.3 is 14.1 Å². The van der Waals surface area contributed by atoms with Crippen LogP contribution < -0.4 is 10.4 Å². The van der Waals surface area contributed by atoms with Crippen molar-refractivity contribution < 1.29 is 13.9 Å². The van der Waals surface area contributed by atoms with Gasteiger partial charge in [-0.05, 0) is 64.7 Å². The third kappa shape index (κ3) is 4.44. The second-order valence-corrected chi connectivity index (χ2v) is 7.96. The molecular weight excluding hydrogens is 398 g/mol. The highest BCUT2D eigenvalue weighted by Crippen LogP contribution is 2.23. The number of rotatable bonds is 6. The summed E-state index contributed by atoms with van der Waals surface area (Å²) in [6.07, 6.45) is 0. The number of hydrogen-bond acceptors (Lipinski definition) is 5. The van der Waals surface area contributed by atoms with Gasteiger partial charge in [0.15, 0.2) is 0 Å². The summed E-state index contributed by atoms with van der Waals surface area (Å²) in [4.78, 5) is 25.9. The minimum atomic E-state index is -0.374. The van der Waals surface area contributed by atoms with Gasteiger partial charge >= 0.3 is 5.63 Å². The zero-order valence-corrected chi connectivity index (χ0v) is 17.6. The molecule has 2 heterocycles. The summed E-state index contributed by atoms with van der Waals surface area (Å²) in [5.74, 6) is 0.598. The number of carbonyl (C=O) groups is 1. The Hall–Kier alpha value is -3.38. The smallest absolute Gasteiger partial charge is 0.336 e. The van der Waals surface area contributed by atoms with Gasteiger partial charge in [-0.15, -0.1) is 0 Å². The fourth-order valence-corrected chi connectivity index (χ4v) is 3.91. The molecule has 0 N–H and O–H groups in total. The van der Waals surface area contributed by atoms with E-state index in [1.165, 1.54) is 6.07 Å². The van der Waals surface area contributed by atoms with Gasteiger partial charge in [-0.25, -0.2) is 4.79 Å². The number of hydrogen-bond donors (Lipinski definition) is 0. The van der Waals surface area contributed by atoms with Crippen LogP contribution in [0.25, 0.3) is 11.0 Å². The Morgan fingerprint density at radius 1 is 1.07 bits per heavy atom. The standard InChI is InChI=1S/C24H21NO4S/c1-16-11-23(26)29-22-12-20(7-8-21(16)22)28-14-17-3-5-19(6-4-17)24(27)25(2)13-18-9-10-30-15-18/h3-12,15H,13-14H2,1-2H3. The summed E-state index contributed by atoms with van der Waals surface area (Å²) in [6, 6.07) is 16.4. The van der Waals surface area contributed by atoms with Crippen LogP contribution in [0.1, 0.15) is 27.0 Å². The fourth-order valence-electron chi connectivity index (χ4n) is 3.25. The van der Waals surface area contributed by atoms with E-state index >= 15 is 0 Å². The van der Waals surface area contributed by atoms with Crippen LogP contribution in [0.3, 0.4) is 0 Å². The molecule has 0 aliphatic carbocycles. The van der Waals surface area contributed by atoms with E-state index in [-0.39, 0.29) is 11.5 Å². The van der Waals surface area contributed by atoms with E-state index in [9.17, 15) is 9.59 Å². The van der Waals surface area contributed by atoms with Crippen LogP contribution in [-0.4, -0.2) is 17.9 Å². The van der Waals surface area contributed by atoms with E-state index in [0.717, 1.165) is 22.1 Å². The summed E-state index contributed by atoms with van der Waals surface area (Å²) >= 11 is 1.62. The predicted octanol–water partition coefficient (Wildman–Crippen LogP) is 5.01. The van der Waals surface area contributed by atoms with Gasteiger partial charge in [0.25, 0.3) is 5.91 Å². The average molecular weight is 420 g/mol. The van der Waals surface area contributed by atoms with E-state index in [1.54, 1.807) is 29.4 Å². The molecule has 5 nitrogen and oxygen atoms in total. The molecule has 30 heavy (non-hydrogen) atoms.